The Hall–Kier alpha value is -2.23. The minimum absolute atomic E-state index is 0.871. The standard InChI is InChI=1S/C22H33N4/c1-4-5-6-7-8-9-10-17-26-18-15-21(16-19-26)24-23-20-11-13-22(14-12-20)25(2)3/h11-16,18-19H,4-10,17H2,1-3H3/q+1. The van der Waals surface area contributed by atoms with Crippen molar-refractivity contribution in [2.24, 2.45) is 10.2 Å². The molecule has 0 aliphatic heterocycles. The summed E-state index contributed by atoms with van der Waals surface area (Å²) in [5.41, 5.74) is 2.92. The Labute approximate surface area is 158 Å². The normalized spacial score (nSPS) is 11.2. The minimum atomic E-state index is 0.871. The van der Waals surface area contributed by atoms with Crippen molar-refractivity contribution in [1.29, 1.82) is 0 Å². The van der Waals surface area contributed by atoms with Crippen LogP contribution in [0.4, 0.5) is 17.1 Å². The zero-order valence-electron chi connectivity index (χ0n) is 16.6. The van der Waals surface area contributed by atoms with Crippen LogP contribution < -0.4 is 9.47 Å². The van der Waals surface area contributed by atoms with Gasteiger partial charge < -0.3 is 4.90 Å². The average Bonchev–Trinajstić information content (AvgIpc) is 2.67. The lowest BCUT2D eigenvalue weighted by molar-refractivity contribution is -0.697. The van der Waals surface area contributed by atoms with E-state index in [0.29, 0.717) is 0 Å². The van der Waals surface area contributed by atoms with E-state index in [0.717, 1.165) is 23.6 Å². The number of hydrogen-bond acceptors (Lipinski definition) is 3. The van der Waals surface area contributed by atoms with Gasteiger partial charge in [0.25, 0.3) is 0 Å². The third-order valence-corrected chi connectivity index (χ3v) is 4.54. The summed E-state index contributed by atoms with van der Waals surface area (Å²) >= 11 is 0. The molecule has 2 rings (SSSR count). The summed E-state index contributed by atoms with van der Waals surface area (Å²) in [6, 6.07) is 12.1. The largest absolute Gasteiger partial charge is 0.378 e. The molecule has 1 aromatic heterocycles. The smallest absolute Gasteiger partial charge is 0.171 e. The van der Waals surface area contributed by atoms with E-state index in [1.165, 1.54) is 44.9 Å². The van der Waals surface area contributed by atoms with Gasteiger partial charge in [-0.15, -0.1) is 0 Å². The first-order valence-electron chi connectivity index (χ1n) is 9.87. The molecule has 2 aromatic rings. The molecule has 0 saturated carbocycles. The van der Waals surface area contributed by atoms with E-state index in [9.17, 15) is 0 Å². The van der Waals surface area contributed by atoms with E-state index in [2.05, 4.69) is 51.1 Å². The van der Waals surface area contributed by atoms with Crippen molar-refractivity contribution in [3.63, 3.8) is 0 Å². The predicted molar refractivity (Wildman–Crippen MR) is 110 cm³/mol. The van der Waals surface area contributed by atoms with Crippen LogP contribution >= 0.6 is 0 Å². The van der Waals surface area contributed by atoms with E-state index >= 15 is 0 Å². The molecule has 0 aliphatic carbocycles. The molecule has 0 N–H and O–H groups in total. The Morgan fingerprint density at radius 3 is 1.85 bits per heavy atom. The van der Waals surface area contributed by atoms with Gasteiger partial charge in [0.1, 0.15) is 6.54 Å². The van der Waals surface area contributed by atoms with Gasteiger partial charge in [-0.3, -0.25) is 0 Å². The van der Waals surface area contributed by atoms with Gasteiger partial charge in [0.15, 0.2) is 12.4 Å². The van der Waals surface area contributed by atoms with Gasteiger partial charge in [0.05, 0.1) is 11.4 Å². The molecule has 0 atom stereocenters. The number of benzene rings is 1. The molecule has 4 heteroatoms. The number of hydrogen-bond donors (Lipinski definition) is 0. The number of aryl methyl sites for hydroxylation is 1. The van der Waals surface area contributed by atoms with Crippen molar-refractivity contribution in [3.8, 4) is 0 Å². The second kappa shape index (κ2) is 11.4. The van der Waals surface area contributed by atoms with Gasteiger partial charge in [-0.2, -0.15) is 10.2 Å². The second-order valence-electron chi connectivity index (χ2n) is 7.03. The molecule has 1 aromatic carbocycles. The molecule has 0 unspecified atom stereocenters. The van der Waals surface area contributed by atoms with Crippen molar-refractivity contribution >= 4 is 17.1 Å². The molecule has 1 heterocycles. The first-order chi connectivity index (χ1) is 12.7. The molecule has 0 fully saturated rings. The highest BCUT2D eigenvalue weighted by Crippen LogP contribution is 2.20. The van der Waals surface area contributed by atoms with Crippen LogP contribution in [0.25, 0.3) is 0 Å². The van der Waals surface area contributed by atoms with E-state index in [1.807, 2.05) is 38.4 Å². The predicted octanol–water partition coefficient (Wildman–Crippen LogP) is 6.21. The summed E-state index contributed by atoms with van der Waals surface area (Å²) in [6.45, 7) is 3.35. The summed E-state index contributed by atoms with van der Waals surface area (Å²) in [4.78, 5) is 2.07. The molecule has 0 bridgehead atoms. The lowest BCUT2D eigenvalue weighted by Gasteiger charge is -2.11. The molecule has 0 amide bonds. The molecule has 0 spiro atoms. The van der Waals surface area contributed by atoms with E-state index in [1.54, 1.807) is 0 Å². The molecule has 140 valence electrons. The van der Waals surface area contributed by atoms with Gasteiger partial charge in [-0.1, -0.05) is 39.0 Å². The fourth-order valence-electron chi connectivity index (χ4n) is 2.85. The second-order valence-corrected chi connectivity index (χ2v) is 7.03. The Bertz CT molecular complexity index is 645. The zero-order valence-corrected chi connectivity index (χ0v) is 16.6. The maximum Gasteiger partial charge on any atom is 0.171 e. The lowest BCUT2D eigenvalue weighted by Crippen LogP contribution is -2.32. The van der Waals surface area contributed by atoms with Crippen molar-refractivity contribution in [2.75, 3.05) is 19.0 Å². The van der Waals surface area contributed by atoms with Crippen LogP contribution in [0.1, 0.15) is 51.9 Å². The Morgan fingerprint density at radius 2 is 1.27 bits per heavy atom. The van der Waals surface area contributed by atoms with Crippen LogP contribution in [-0.4, -0.2) is 14.1 Å². The van der Waals surface area contributed by atoms with Crippen molar-refractivity contribution in [3.05, 3.63) is 48.8 Å². The topological polar surface area (TPSA) is 31.8 Å². The lowest BCUT2D eigenvalue weighted by atomic mass is 10.1. The minimum Gasteiger partial charge on any atom is -0.378 e. The highest BCUT2D eigenvalue weighted by atomic mass is 15.1. The quantitative estimate of drug-likeness (QED) is 0.268. The Morgan fingerprint density at radius 1 is 0.731 bits per heavy atom. The van der Waals surface area contributed by atoms with Crippen LogP contribution in [0.2, 0.25) is 0 Å². The molecule has 0 saturated heterocycles. The number of anilines is 1. The van der Waals surface area contributed by atoms with Crippen molar-refractivity contribution in [1.82, 2.24) is 0 Å². The van der Waals surface area contributed by atoms with Crippen LogP contribution in [0.15, 0.2) is 59.0 Å². The number of azo groups is 1. The van der Waals surface area contributed by atoms with Gasteiger partial charge in [0.2, 0.25) is 0 Å². The first-order valence-corrected chi connectivity index (χ1v) is 9.87. The number of pyridine rings is 1. The first kappa shape index (κ1) is 20.1. The number of rotatable bonds is 11. The fourth-order valence-corrected chi connectivity index (χ4v) is 2.85. The third-order valence-electron chi connectivity index (χ3n) is 4.54. The maximum absolute atomic E-state index is 4.33. The van der Waals surface area contributed by atoms with E-state index in [-0.39, 0.29) is 0 Å². The third kappa shape index (κ3) is 7.34. The number of aromatic nitrogens is 1. The van der Waals surface area contributed by atoms with Crippen LogP contribution in [0.5, 0.6) is 0 Å². The molecule has 0 radical (unpaired) electrons. The van der Waals surface area contributed by atoms with Gasteiger partial charge in [0, 0.05) is 38.3 Å². The fraction of sp³-hybridized carbons (Fsp3) is 0.500. The molecular formula is C22H33N4+. The summed E-state index contributed by atoms with van der Waals surface area (Å²) in [5.74, 6) is 0. The van der Waals surface area contributed by atoms with Crippen LogP contribution in [0, 0.1) is 0 Å². The maximum atomic E-state index is 4.33. The highest BCUT2D eigenvalue weighted by molar-refractivity contribution is 5.51. The van der Waals surface area contributed by atoms with Crippen molar-refractivity contribution < 1.29 is 4.57 Å². The average molecular weight is 354 g/mol. The molecular weight excluding hydrogens is 320 g/mol. The number of nitrogens with zero attached hydrogens (tertiary/aromatic N) is 4. The monoisotopic (exact) mass is 353 g/mol. The summed E-state index contributed by atoms with van der Waals surface area (Å²) in [7, 11) is 4.06. The summed E-state index contributed by atoms with van der Waals surface area (Å²) in [6.07, 6.45) is 13.6. The SMILES string of the molecule is CCCCCCCCC[n+]1ccc(N=Nc2ccc(N(C)C)cc2)cc1. The van der Waals surface area contributed by atoms with Crippen LogP contribution in [0.3, 0.4) is 0 Å². The van der Waals surface area contributed by atoms with Crippen LogP contribution in [-0.2, 0) is 6.54 Å². The van der Waals surface area contributed by atoms with E-state index < -0.39 is 0 Å². The van der Waals surface area contributed by atoms with Crippen molar-refractivity contribution in [2.45, 2.75) is 58.4 Å². The highest BCUT2D eigenvalue weighted by Gasteiger charge is 2.01. The summed E-state index contributed by atoms with van der Waals surface area (Å²) < 4.78 is 2.23. The molecule has 4 nitrogen and oxygen atoms in total. The molecule has 0 aliphatic rings. The van der Waals surface area contributed by atoms with Gasteiger partial charge >= 0.3 is 0 Å². The van der Waals surface area contributed by atoms with Gasteiger partial charge in [-0.25, -0.2) is 4.57 Å². The summed E-state index contributed by atoms with van der Waals surface area (Å²) in [5, 5.41) is 8.64. The number of unbranched alkanes of at least 4 members (excludes halogenated alkanes) is 6. The molecule has 26 heavy (non-hydrogen) atoms. The van der Waals surface area contributed by atoms with E-state index in [4.69, 9.17) is 0 Å². The zero-order chi connectivity index (χ0) is 18.6. The Balaban J connectivity index is 1.74. The Kier molecular flexibility index (Phi) is 8.81. The van der Waals surface area contributed by atoms with Gasteiger partial charge in [-0.05, 0) is 30.7 Å².